The molecular formula is C12H20N2O3. The van der Waals surface area contributed by atoms with E-state index < -0.39 is 0 Å². The minimum absolute atomic E-state index is 0.0808. The number of hydrogen-bond acceptors (Lipinski definition) is 4. The van der Waals surface area contributed by atoms with Gasteiger partial charge in [-0.05, 0) is 25.2 Å². The summed E-state index contributed by atoms with van der Waals surface area (Å²) >= 11 is 0. The lowest BCUT2D eigenvalue weighted by molar-refractivity contribution is -0.148. The van der Waals surface area contributed by atoms with E-state index in [0.717, 1.165) is 0 Å². The van der Waals surface area contributed by atoms with E-state index in [-0.39, 0.29) is 23.9 Å². The molecule has 2 amide bonds. The van der Waals surface area contributed by atoms with Gasteiger partial charge in [-0.3, -0.25) is 14.5 Å². The third-order valence-corrected chi connectivity index (χ3v) is 3.60. The van der Waals surface area contributed by atoms with Crippen molar-refractivity contribution in [2.75, 3.05) is 20.8 Å². The number of amides is 2. The topological polar surface area (TPSA) is 58.6 Å². The van der Waals surface area contributed by atoms with Crippen molar-refractivity contribution in [3.63, 3.8) is 0 Å². The van der Waals surface area contributed by atoms with Gasteiger partial charge in [0.05, 0.1) is 12.6 Å². The first-order valence-corrected chi connectivity index (χ1v) is 6.19. The zero-order valence-corrected chi connectivity index (χ0v) is 10.4. The molecule has 1 N–H and O–H groups in total. The monoisotopic (exact) mass is 240 g/mol. The number of ether oxygens (including phenoxy) is 1. The number of nitrogens with zero attached hydrogens (tertiary/aromatic N) is 1. The highest BCUT2D eigenvalue weighted by atomic mass is 16.5. The fourth-order valence-electron chi connectivity index (χ4n) is 2.33. The van der Waals surface area contributed by atoms with Crippen molar-refractivity contribution >= 4 is 11.8 Å². The van der Waals surface area contributed by atoms with E-state index >= 15 is 0 Å². The van der Waals surface area contributed by atoms with Gasteiger partial charge in [0.1, 0.15) is 0 Å². The number of methoxy groups -OCH3 is 1. The molecule has 0 spiro atoms. The standard InChI is InChI=1S/C12H20N2O3/c1-14-11(15)6-5-9(12(14)16)13-10(7-17-2)8-3-4-8/h8-10,13H,3-7H2,1-2H3. The maximum Gasteiger partial charge on any atom is 0.246 e. The van der Waals surface area contributed by atoms with E-state index in [9.17, 15) is 9.59 Å². The lowest BCUT2D eigenvalue weighted by Gasteiger charge is -2.31. The molecule has 0 aromatic heterocycles. The van der Waals surface area contributed by atoms with Crippen LogP contribution in [-0.2, 0) is 14.3 Å². The molecule has 2 atom stereocenters. The Balaban J connectivity index is 1.92. The van der Waals surface area contributed by atoms with Crippen molar-refractivity contribution in [2.45, 2.75) is 37.8 Å². The fourth-order valence-corrected chi connectivity index (χ4v) is 2.33. The van der Waals surface area contributed by atoms with Gasteiger partial charge in [0, 0.05) is 26.6 Å². The molecule has 1 aliphatic heterocycles. The summed E-state index contributed by atoms with van der Waals surface area (Å²) in [6, 6.07) is 0.0222. The summed E-state index contributed by atoms with van der Waals surface area (Å²) < 4.78 is 5.18. The van der Waals surface area contributed by atoms with Gasteiger partial charge in [-0.2, -0.15) is 0 Å². The van der Waals surface area contributed by atoms with Gasteiger partial charge in [0.2, 0.25) is 11.8 Å². The molecule has 0 radical (unpaired) electrons. The van der Waals surface area contributed by atoms with E-state index in [1.54, 1.807) is 14.2 Å². The molecule has 5 heteroatoms. The van der Waals surface area contributed by atoms with Crippen LogP contribution in [-0.4, -0.2) is 49.6 Å². The smallest absolute Gasteiger partial charge is 0.246 e. The average molecular weight is 240 g/mol. The van der Waals surface area contributed by atoms with Crippen molar-refractivity contribution in [3.8, 4) is 0 Å². The van der Waals surface area contributed by atoms with Gasteiger partial charge in [0.15, 0.2) is 0 Å². The second-order valence-electron chi connectivity index (χ2n) is 4.95. The van der Waals surface area contributed by atoms with Gasteiger partial charge in [-0.15, -0.1) is 0 Å². The van der Waals surface area contributed by atoms with Crippen LogP contribution < -0.4 is 5.32 Å². The minimum atomic E-state index is -0.224. The average Bonchev–Trinajstić information content (AvgIpc) is 3.13. The number of carbonyl (C=O) groups excluding carboxylic acids is 2. The predicted octanol–water partition coefficient (Wildman–Crippen LogP) is 0.148. The molecule has 1 heterocycles. The molecular weight excluding hydrogens is 220 g/mol. The maximum absolute atomic E-state index is 11.9. The Morgan fingerprint density at radius 2 is 2.12 bits per heavy atom. The van der Waals surface area contributed by atoms with Crippen LogP contribution in [0.15, 0.2) is 0 Å². The largest absolute Gasteiger partial charge is 0.383 e. The van der Waals surface area contributed by atoms with Crippen molar-refractivity contribution in [1.82, 2.24) is 10.2 Å². The number of piperidine rings is 1. The summed E-state index contributed by atoms with van der Waals surface area (Å²) in [4.78, 5) is 24.5. The summed E-state index contributed by atoms with van der Waals surface area (Å²) in [6.45, 7) is 0.631. The van der Waals surface area contributed by atoms with Crippen LogP contribution in [0.2, 0.25) is 0 Å². The second-order valence-corrected chi connectivity index (χ2v) is 4.95. The normalized spacial score (nSPS) is 27.4. The van der Waals surface area contributed by atoms with Crippen LogP contribution in [0, 0.1) is 5.92 Å². The first kappa shape index (κ1) is 12.5. The first-order chi connectivity index (χ1) is 8.13. The zero-order valence-electron chi connectivity index (χ0n) is 10.4. The third-order valence-electron chi connectivity index (χ3n) is 3.60. The molecule has 17 heavy (non-hydrogen) atoms. The molecule has 96 valence electrons. The van der Waals surface area contributed by atoms with Crippen LogP contribution in [0.1, 0.15) is 25.7 Å². The van der Waals surface area contributed by atoms with E-state index in [4.69, 9.17) is 4.74 Å². The predicted molar refractivity (Wildman–Crippen MR) is 62.3 cm³/mol. The number of likely N-dealkylation sites (N-methyl/N-ethyl adjacent to an activating group) is 1. The molecule has 0 aromatic rings. The van der Waals surface area contributed by atoms with Crippen LogP contribution >= 0.6 is 0 Å². The van der Waals surface area contributed by atoms with Crippen LogP contribution in [0.4, 0.5) is 0 Å². The minimum Gasteiger partial charge on any atom is -0.383 e. The van der Waals surface area contributed by atoms with E-state index in [1.165, 1.54) is 17.7 Å². The second kappa shape index (κ2) is 5.14. The molecule has 2 fully saturated rings. The number of likely N-dealkylation sites (tertiary alicyclic amines) is 1. The molecule has 0 aromatic carbocycles. The number of nitrogens with one attached hydrogen (secondary N) is 1. The Kier molecular flexibility index (Phi) is 3.79. The maximum atomic E-state index is 11.9. The lowest BCUT2D eigenvalue weighted by Crippen LogP contribution is -2.55. The first-order valence-electron chi connectivity index (χ1n) is 6.19. The third kappa shape index (κ3) is 2.84. The Hall–Kier alpha value is -0.940. The Morgan fingerprint density at radius 1 is 1.41 bits per heavy atom. The summed E-state index contributed by atoms with van der Waals surface area (Å²) in [5.41, 5.74) is 0. The van der Waals surface area contributed by atoms with Crippen molar-refractivity contribution in [3.05, 3.63) is 0 Å². The van der Waals surface area contributed by atoms with E-state index in [2.05, 4.69) is 5.32 Å². The van der Waals surface area contributed by atoms with Gasteiger partial charge in [0.25, 0.3) is 0 Å². The quantitative estimate of drug-likeness (QED) is 0.695. The molecule has 0 bridgehead atoms. The Morgan fingerprint density at radius 3 is 2.71 bits per heavy atom. The van der Waals surface area contributed by atoms with E-state index in [1.807, 2.05) is 0 Å². The SMILES string of the molecule is COCC(NC1CCC(=O)N(C)C1=O)C1CC1. The number of carbonyl (C=O) groups is 2. The van der Waals surface area contributed by atoms with Crippen LogP contribution in [0.25, 0.3) is 0 Å². The van der Waals surface area contributed by atoms with Crippen LogP contribution in [0.3, 0.4) is 0 Å². The summed E-state index contributed by atoms with van der Waals surface area (Å²) in [7, 11) is 3.23. The Labute approximate surface area is 101 Å². The molecule has 5 nitrogen and oxygen atoms in total. The lowest BCUT2D eigenvalue weighted by atomic mass is 10.0. The van der Waals surface area contributed by atoms with Gasteiger partial charge in [-0.1, -0.05) is 0 Å². The number of imide groups is 1. The molecule has 1 aliphatic carbocycles. The summed E-state index contributed by atoms with van der Waals surface area (Å²) in [5.74, 6) is 0.441. The summed E-state index contributed by atoms with van der Waals surface area (Å²) in [6.07, 6.45) is 3.46. The zero-order chi connectivity index (χ0) is 12.4. The van der Waals surface area contributed by atoms with Crippen molar-refractivity contribution in [1.29, 1.82) is 0 Å². The van der Waals surface area contributed by atoms with Gasteiger partial charge >= 0.3 is 0 Å². The Bertz CT molecular complexity index is 315. The number of hydrogen-bond donors (Lipinski definition) is 1. The van der Waals surface area contributed by atoms with Crippen molar-refractivity contribution < 1.29 is 14.3 Å². The molecule has 1 saturated heterocycles. The molecule has 2 aliphatic rings. The van der Waals surface area contributed by atoms with E-state index in [0.29, 0.717) is 25.4 Å². The molecule has 1 saturated carbocycles. The van der Waals surface area contributed by atoms with Crippen LogP contribution in [0.5, 0.6) is 0 Å². The van der Waals surface area contributed by atoms with Gasteiger partial charge < -0.3 is 10.1 Å². The highest BCUT2D eigenvalue weighted by Crippen LogP contribution is 2.33. The fraction of sp³-hybridized carbons (Fsp3) is 0.833. The number of rotatable bonds is 5. The molecule has 2 unspecified atom stereocenters. The van der Waals surface area contributed by atoms with Crippen molar-refractivity contribution in [2.24, 2.45) is 5.92 Å². The summed E-state index contributed by atoms with van der Waals surface area (Å²) in [5, 5.41) is 3.35. The van der Waals surface area contributed by atoms with Gasteiger partial charge in [-0.25, -0.2) is 0 Å². The molecule has 2 rings (SSSR count). The highest BCUT2D eigenvalue weighted by Gasteiger charge is 2.37. The highest BCUT2D eigenvalue weighted by molar-refractivity contribution is 6.00.